The van der Waals surface area contributed by atoms with Gasteiger partial charge in [-0.25, -0.2) is 5.06 Å². The monoisotopic (exact) mass is 414 g/mol. The summed E-state index contributed by atoms with van der Waals surface area (Å²) in [7, 11) is 0. The van der Waals surface area contributed by atoms with Crippen LogP contribution in [0.2, 0.25) is 0 Å². The number of rotatable bonds is 5. The van der Waals surface area contributed by atoms with E-state index in [1.165, 1.54) is 24.3 Å². The lowest BCUT2D eigenvalue weighted by Gasteiger charge is -2.17. The number of alkyl halides is 3. The van der Waals surface area contributed by atoms with E-state index in [-0.39, 0.29) is 11.1 Å². The number of benzene rings is 3. The van der Waals surface area contributed by atoms with E-state index in [2.05, 4.69) is 0 Å². The van der Waals surface area contributed by atoms with Crippen LogP contribution in [-0.2, 0) is 12.7 Å². The van der Waals surface area contributed by atoms with Gasteiger partial charge < -0.3 is 5.73 Å². The highest BCUT2D eigenvalue weighted by Crippen LogP contribution is 2.30. The SMILES string of the molecule is NC(=O)c1ccc(-c2cccc(C(=O)N(O)Cc3cccc(C(F)(F)F)c3)c2)cc1. The first-order valence-corrected chi connectivity index (χ1v) is 8.82. The maximum Gasteiger partial charge on any atom is 0.416 e. The highest BCUT2D eigenvalue weighted by Gasteiger charge is 2.30. The van der Waals surface area contributed by atoms with Crippen molar-refractivity contribution in [1.82, 2.24) is 5.06 Å². The number of hydrogen-bond donors (Lipinski definition) is 2. The van der Waals surface area contributed by atoms with Crippen LogP contribution in [0.3, 0.4) is 0 Å². The number of carbonyl (C=O) groups excluding carboxylic acids is 2. The Morgan fingerprint density at radius 3 is 2.17 bits per heavy atom. The van der Waals surface area contributed by atoms with E-state index in [1.807, 2.05) is 0 Å². The molecule has 0 aliphatic carbocycles. The van der Waals surface area contributed by atoms with Crippen LogP contribution in [0, 0.1) is 0 Å². The molecule has 5 nitrogen and oxygen atoms in total. The number of halogens is 3. The largest absolute Gasteiger partial charge is 0.416 e. The molecule has 0 fully saturated rings. The van der Waals surface area contributed by atoms with Crippen molar-refractivity contribution in [3.63, 3.8) is 0 Å². The molecule has 154 valence electrons. The van der Waals surface area contributed by atoms with Crippen molar-refractivity contribution in [1.29, 1.82) is 0 Å². The molecular weight excluding hydrogens is 397 g/mol. The molecule has 8 heteroatoms. The highest BCUT2D eigenvalue weighted by molar-refractivity contribution is 5.95. The molecule has 2 amide bonds. The van der Waals surface area contributed by atoms with Gasteiger partial charge in [0, 0.05) is 11.1 Å². The Kier molecular flexibility index (Phi) is 5.89. The topological polar surface area (TPSA) is 83.6 Å². The van der Waals surface area contributed by atoms with Crippen molar-refractivity contribution in [2.24, 2.45) is 5.73 Å². The summed E-state index contributed by atoms with van der Waals surface area (Å²) in [6.45, 7) is -0.402. The Morgan fingerprint density at radius 1 is 0.867 bits per heavy atom. The first kappa shape index (κ1) is 21.1. The molecule has 3 rings (SSSR count). The fraction of sp³-hybridized carbons (Fsp3) is 0.0909. The molecule has 3 N–H and O–H groups in total. The van der Waals surface area contributed by atoms with Gasteiger partial charge in [0.15, 0.2) is 0 Å². The second-order valence-corrected chi connectivity index (χ2v) is 6.58. The molecule has 0 heterocycles. The van der Waals surface area contributed by atoms with Gasteiger partial charge in [0.1, 0.15) is 0 Å². The number of amides is 2. The smallest absolute Gasteiger partial charge is 0.366 e. The maximum atomic E-state index is 12.8. The number of nitrogens with zero attached hydrogens (tertiary/aromatic N) is 1. The van der Waals surface area contributed by atoms with Gasteiger partial charge in [-0.2, -0.15) is 13.2 Å². The Bertz CT molecular complexity index is 1080. The fourth-order valence-corrected chi connectivity index (χ4v) is 2.90. The van der Waals surface area contributed by atoms with Crippen LogP contribution in [-0.4, -0.2) is 22.1 Å². The van der Waals surface area contributed by atoms with E-state index >= 15 is 0 Å². The second kappa shape index (κ2) is 8.38. The zero-order valence-corrected chi connectivity index (χ0v) is 15.6. The van der Waals surface area contributed by atoms with Crippen LogP contribution in [0.25, 0.3) is 11.1 Å². The van der Waals surface area contributed by atoms with E-state index < -0.39 is 30.1 Å². The Labute approximate surface area is 170 Å². The van der Waals surface area contributed by atoms with Gasteiger partial charge in [0.2, 0.25) is 5.91 Å². The first-order valence-electron chi connectivity index (χ1n) is 8.82. The minimum atomic E-state index is -4.52. The van der Waals surface area contributed by atoms with Crippen molar-refractivity contribution in [3.8, 4) is 11.1 Å². The molecule has 0 saturated heterocycles. The van der Waals surface area contributed by atoms with Crippen LogP contribution in [0.4, 0.5) is 13.2 Å². The molecule has 0 spiro atoms. The first-order chi connectivity index (χ1) is 14.1. The van der Waals surface area contributed by atoms with E-state index in [0.29, 0.717) is 16.2 Å². The molecule has 0 bridgehead atoms. The van der Waals surface area contributed by atoms with Crippen molar-refractivity contribution >= 4 is 11.8 Å². The van der Waals surface area contributed by atoms with E-state index in [9.17, 15) is 28.0 Å². The summed E-state index contributed by atoms with van der Waals surface area (Å²) in [4.78, 5) is 23.7. The molecule has 0 aromatic heterocycles. The number of hydroxylamine groups is 2. The number of carbonyl (C=O) groups is 2. The molecule has 3 aromatic carbocycles. The predicted molar refractivity (Wildman–Crippen MR) is 103 cm³/mol. The minimum absolute atomic E-state index is 0.138. The van der Waals surface area contributed by atoms with E-state index in [4.69, 9.17) is 5.73 Å². The average molecular weight is 414 g/mol. The summed E-state index contributed by atoms with van der Waals surface area (Å²) >= 11 is 0. The van der Waals surface area contributed by atoms with Crippen LogP contribution in [0.15, 0.2) is 72.8 Å². The molecule has 30 heavy (non-hydrogen) atoms. The Balaban J connectivity index is 1.78. The van der Waals surface area contributed by atoms with Gasteiger partial charge in [0.25, 0.3) is 5.91 Å². The molecule has 0 atom stereocenters. The third kappa shape index (κ3) is 4.84. The lowest BCUT2D eigenvalue weighted by Crippen LogP contribution is -2.27. The lowest BCUT2D eigenvalue weighted by molar-refractivity contribution is -0.137. The third-order valence-corrected chi connectivity index (χ3v) is 4.43. The van der Waals surface area contributed by atoms with Crippen LogP contribution in [0.5, 0.6) is 0 Å². The predicted octanol–water partition coefficient (Wildman–Crippen LogP) is 4.50. The Hall–Kier alpha value is -3.65. The molecule has 0 unspecified atom stereocenters. The van der Waals surface area contributed by atoms with Gasteiger partial charge >= 0.3 is 6.18 Å². The van der Waals surface area contributed by atoms with Crippen molar-refractivity contribution in [2.45, 2.75) is 12.7 Å². The summed E-state index contributed by atoms with van der Waals surface area (Å²) in [5.41, 5.74) is 6.37. The van der Waals surface area contributed by atoms with Crippen LogP contribution in [0.1, 0.15) is 31.8 Å². The standard InChI is InChI=1S/C22H17F3N2O3/c23-22(24,25)19-6-1-3-14(11-19)13-27(30)21(29)18-5-2-4-17(12-18)15-7-9-16(10-8-15)20(26)28/h1-12,30H,13H2,(H2,26,28). The number of primary amides is 1. The third-order valence-electron chi connectivity index (χ3n) is 4.43. The molecule has 3 aromatic rings. The van der Waals surface area contributed by atoms with E-state index in [0.717, 1.165) is 17.7 Å². The van der Waals surface area contributed by atoms with Gasteiger partial charge in [-0.15, -0.1) is 0 Å². The Morgan fingerprint density at radius 2 is 1.53 bits per heavy atom. The summed E-state index contributed by atoms with van der Waals surface area (Å²) in [6.07, 6.45) is -4.52. The average Bonchev–Trinajstić information content (AvgIpc) is 2.73. The summed E-state index contributed by atoms with van der Waals surface area (Å²) in [5, 5.41) is 10.5. The normalized spacial score (nSPS) is 11.2. The quantitative estimate of drug-likeness (QED) is 0.476. The van der Waals surface area contributed by atoms with Crippen molar-refractivity contribution < 1.29 is 28.0 Å². The molecule has 0 aliphatic heterocycles. The number of hydrogen-bond acceptors (Lipinski definition) is 3. The molecule has 0 saturated carbocycles. The van der Waals surface area contributed by atoms with E-state index in [1.54, 1.807) is 36.4 Å². The van der Waals surface area contributed by atoms with Gasteiger partial charge in [-0.05, 0) is 53.1 Å². The van der Waals surface area contributed by atoms with Gasteiger partial charge in [0.05, 0.1) is 12.1 Å². The fourth-order valence-electron chi connectivity index (χ4n) is 2.90. The number of nitrogens with two attached hydrogens (primary N) is 1. The van der Waals surface area contributed by atoms with Crippen LogP contribution < -0.4 is 5.73 Å². The summed E-state index contributed by atoms with van der Waals surface area (Å²) < 4.78 is 38.5. The van der Waals surface area contributed by atoms with Gasteiger partial charge in [-0.3, -0.25) is 14.8 Å². The molecular formula is C22H17F3N2O3. The molecule has 0 radical (unpaired) electrons. The summed E-state index contributed by atoms with van der Waals surface area (Å²) in [6, 6.07) is 17.2. The van der Waals surface area contributed by atoms with Crippen molar-refractivity contribution in [2.75, 3.05) is 0 Å². The molecule has 0 aliphatic rings. The maximum absolute atomic E-state index is 12.8. The van der Waals surface area contributed by atoms with Gasteiger partial charge in [-0.1, -0.05) is 36.4 Å². The lowest BCUT2D eigenvalue weighted by atomic mass is 10.0. The minimum Gasteiger partial charge on any atom is -0.366 e. The zero-order chi connectivity index (χ0) is 21.9. The van der Waals surface area contributed by atoms with Crippen LogP contribution >= 0.6 is 0 Å². The zero-order valence-electron chi connectivity index (χ0n) is 15.6. The second-order valence-electron chi connectivity index (χ2n) is 6.58. The highest BCUT2D eigenvalue weighted by atomic mass is 19.4. The van der Waals surface area contributed by atoms with Crippen molar-refractivity contribution in [3.05, 3.63) is 95.1 Å². The summed E-state index contributed by atoms with van der Waals surface area (Å²) in [5.74, 6) is -1.32.